The summed E-state index contributed by atoms with van der Waals surface area (Å²) >= 11 is 1.38. The first kappa shape index (κ1) is 15.4. The highest BCUT2D eigenvalue weighted by atomic mass is 32.2. The van der Waals surface area contributed by atoms with E-state index in [9.17, 15) is 18.3 Å². The summed E-state index contributed by atoms with van der Waals surface area (Å²) in [4.78, 5) is 12.1. The number of carbonyl (C=O) groups is 1. The minimum atomic E-state index is -3.81. The van der Waals surface area contributed by atoms with E-state index in [1.807, 2.05) is 6.26 Å². The van der Waals surface area contributed by atoms with Crippen molar-refractivity contribution in [3.63, 3.8) is 0 Å². The Kier molecular flexibility index (Phi) is 4.54. The lowest BCUT2D eigenvalue weighted by molar-refractivity contribution is 0.0698. The Morgan fingerprint density at radius 2 is 1.81 bits per heavy atom. The minimum absolute atomic E-state index is 0.0455. The van der Waals surface area contributed by atoms with Crippen LogP contribution in [0.1, 0.15) is 10.4 Å². The maximum atomic E-state index is 12.2. The highest BCUT2D eigenvalue weighted by Crippen LogP contribution is 2.25. The van der Waals surface area contributed by atoms with Crippen molar-refractivity contribution >= 4 is 33.4 Å². The van der Waals surface area contributed by atoms with E-state index in [4.69, 9.17) is 0 Å². The molecule has 2 rings (SSSR count). The Hall–Kier alpha value is -1.99. The first-order valence-electron chi connectivity index (χ1n) is 5.93. The highest BCUT2D eigenvalue weighted by Gasteiger charge is 2.18. The molecular weight excluding hydrogens is 310 g/mol. The quantitative estimate of drug-likeness (QED) is 0.827. The lowest BCUT2D eigenvalue weighted by Gasteiger charge is -2.11. The minimum Gasteiger partial charge on any atom is -0.478 e. The number of thioether (sulfide) groups is 1. The van der Waals surface area contributed by atoms with Gasteiger partial charge in [0.15, 0.2) is 0 Å². The Morgan fingerprint density at radius 3 is 2.38 bits per heavy atom. The Labute approximate surface area is 127 Å². The maximum Gasteiger partial charge on any atom is 0.337 e. The number of rotatable bonds is 5. The predicted octanol–water partition coefficient (Wildman–Crippen LogP) is 2.91. The largest absolute Gasteiger partial charge is 0.478 e. The number of carboxylic acids is 1. The SMILES string of the molecule is CSc1ccc(NS(=O)(=O)c2ccccc2)c(C(=O)O)c1. The van der Waals surface area contributed by atoms with E-state index in [-0.39, 0.29) is 16.1 Å². The molecule has 0 saturated heterocycles. The summed E-state index contributed by atoms with van der Waals surface area (Å²) < 4.78 is 26.8. The summed E-state index contributed by atoms with van der Waals surface area (Å²) in [5.74, 6) is -1.18. The van der Waals surface area contributed by atoms with E-state index in [0.717, 1.165) is 4.90 Å². The number of sulfonamides is 1. The Morgan fingerprint density at radius 1 is 1.14 bits per heavy atom. The molecule has 0 bridgehead atoms. The highest BCUT2D eigenvalue weighted by molar-refractivity contribution is 7.98. The molecule has 0 aromatic heterocycles. The van der Waals surface area contributed by atoms with Crippen LogP contribution in [-0.2, 0) is 10.0 Å². The number of hydrogen-bond donors (Lipinski definition) is 2. The van der Waals surface area contributed by atoms with Crippen molar-refractivity contribution in [3.8, 4) is 0 Å². The van der Waals surface area contributed by atoms with Gasteiger partial charge in [0.2, 0.25) is 0 Å². The van der Waals surface area contributed by atoms with Crippen molar-refractivity contribution in [2.75, 3.05) is 11.0 Å². The molecule has 0 heterocycles. The van der Waals surface area contributed by atoms with Crippen molar-refractivity contribution < 1.29 is 18.3 Å². The Bertz CT molecular complexity index is 758. The van der Waals surface area contributed by atoms with Gasteiger partial charge in [0.05, 0.1) is 16.1 Å². The van der Waals surface area contributed by atoms with E-state index in [1.165, 1.54) is 36.0 Å². The smallest absolute Gasteiger partial charge is 0.337 e. The zero-order chi connectivity index (χ0) is 15.5. The van der Waals surface area contributed by atoms with Crippen LogP contribution in [0.3, 0.4) is 0 Å². The molecule has 0 spiro atoms. The average molecular weight is 323 g/mol. The zero-order valence-electron chi connectivity index (χ0n) is 11.1. The number of benzene rings is 2. The normalized spacial score (nSPS) is 11.1. The molecule has 0 atom stereocenters. The van der Waals surface area contributed by atoms with Gasteiger partial charge in [-0.05, 0) is 36.6 Å². The molecule has 0 aliphatic rings. The monoisotopic (exact) mass is 323 g/mol. The van der Waals surface area contributed by atoms with Crippen LogP contribution in [-0.4, -0.2) is 25.7 Å². The van der Waals surface area contributed by atoms with Gasteiger partial charge in [-0.15, -0.1) is 11.8 Å². The molecule has 2 aromatic carbocycles. The van der Waals surface area contributed by atoms with Crippen LogP contribution in [0.15, 0.2) is 58.3 Å². The van der Waals surface area contributed by atoms with Gasteiger partial charge in [-0.2, -0.15) is 0 Å². The molecule has 2 aromatic rings. The van der Waals surface area contributed by atoms with Gasteiger partial charge in [0.25, 0.3) is 10.0 Å². The van der Waals surface area contributed by atoms with E-state index in [1.54, 1.807) is 24.3 Å². The standard InChI is InChI=1S/C14H13NO4S2/c1-20-10-7-8-13(12(9-10)14(16)17)15-21(18,19)11-5-3-2-4-6-11/h2-9,15H,1H3,(H,16,17). The molecule has 0 radical (unpaired) electrons. The van der Waals surface area contributed by atoms with E-state index in [2.05, 4.69) is 4.72 Å². The van der Waals surface area contributed by atoms with Gasteiger partial charge in [-0.3, -0.25) is 4.72 Å². The lowest BCUT2D eigenvalue weighted by Crippen LogP contribution is -2.15. The van der Waals surface area contributed by atoms with Gasteiger partial charge in [-0.1, -0.05) is 18.2 Å². The fraction of sp³-hybridized carbons (Fsp3) is 0.0714. The van der Waals surface area contributed by atoms with Gasteiger partial charge in [-0.25, -0.2) is 13.2 Å². The first-order valence-corrected chi connectivity index (χ1v) is 8.64. The summed E-state index contributed by atoms with van der Waals surface area (Å²) in [7, 11) is -3.81. The second kappa shape index (κ2) is 6.19. The molecule has 0 saturated carbocycles. The number of nitrogens with one attached hydrogen (secondary N) is 1. The van der Waals surface area contributed by atoms with Crippen molar-refractivity contribution in [2.24, 2.45) is 0 Å². The van der Waals surface area contributed by atoms with Crippen LogP contribution in [0.2, 0.25) is 0 Å². The van der Waals surface area contributed by atoms with Crippen molar-refractivity contribution in [1.82, 2.24) is 0 Å². The molecule has 0 aliphatic carbocycles. The third-order valence-electron chi connectivity index (χ3n) is 2.75. The summed E-state index contributed by atoms with van der Waals surface area (Å²) in [6, 6.07) is 12.4. The molecule has 7 heteroatoms. The molecule has 2 N–H and O–H groups in total. The number of carboxylic acid groups (broad SMARTS) is 1. The van der Waals surface area contributed by atoms with Crippen LogP contribution in [0.5, 0.6) is 0 Å². The third kappa shape index (κ3) is 3.56. The molecule has 5 nitrogen and oxygen atoms in total. The second-order valence-corrected chi connectivity index (χ2v) is 6.70. The van der Waals surface area contributed by atoms with E-state index >= 15 is 0 Å². The van der Waals surface area contributed by atoms with Crippen LogP contribution in [0.25, 0.3) is 0 Å². The van der Waals surface area contributed by atoms with Crippen molar-refractivity contribution in [1.29, 1.82) is 0 Å². The van der Waals surface area contributed by atoms with Crippen LogP contribution < -0.4 is 4.72 Å². The Balaban J connectivity index is 2.42. The third-order valence-corrected chi connectivity index (χ3v) is 4.86. The topological polar surface area (TPSA) is 83.5 Å². The summed E-state index contributed by atoms with van der Waals surface area (Å²) in [6.07, 6.45) is 1.81. The molecule has 0 amide bonds. The number of anilines is 1. The predicted molar refractivity (Wildman–Crippen MR) is 82.4 cm³/mol. The van der Waals surface area contributed by atoms with Gasteiger partial charge < -0.3 is 5.11 Å². The average Bonchev–Trinajstić information content (AvgIpc) is 2.48. The molecule has 0 unspecified atom stereocenters. The fourth-order valence-electron chi connectivity index (χ4n) is 1.72. The van der Waals surface area contributed by atoms with Crippen LogP contribution in [0, 0.1) is 0 Å². The maximum absolute atomic E-state index is 12.2. The molecule has 110 valence electrons. The molecular formula is C14H13NO4S2. The second-order valence-electron chi connectivity index (χ2n) is 4.14. The van der Waals surface area contributed by atoms with Crippen LogP contribution >= 0.6 is 11.8 Å². The molecule has 0 aliphatic heterocycles. The van der Waals surface area contributed by atoms with Gasteiger partial charge in [0, 0.05) is 4.90 Å². The summed E-state index contributed by atoms with van der Waals surface area (Å²) in [5.41, 5.74) is -0.0366. The fourth-order valence-corrected chi connectivity index (χ4v) is 3.26. The zero-order valence-corrected chi connectivity index (χ0v) is 12.7. The van der Waals surface area contributed by atoms with Crippen molar-refractivity contribution in [2.45, 2.75) is 9.79 Å². The van der Waals surface area contributed by atoms with E-state index in [0.29, 0.717) is 0 Å². The van der Waals surface area contributed by atoms with Crippen LogP contribution in [0.4, 0.5) is 5.69 Å². The van der Waals surface area contributed by atoms with Gasteiger partial charge in [0.1, 0.15) is 0 Å². The van der Waals surface area contributed by atoms with Crippen molar-refractivity contribution in [3.05, 3.63) is 54.1 Å². The summed E-state index contributed by atoms with van der Waals surface area (Å²) in [5, 5.41) is 9.21. The lowest BCUT2D eigenvalue weighted by atomic mass is 10.2. The molecule has 21 heavy (non-hydrogen) atoms. The molecule has 0 fully saturated rings. The van der Waals surface area contributed by atoms with Gasteiger partial charge >= 0.3 is 5.97 Å². The summed E-state index contributed by atoms with van der Waals surface area (Å²) in [6.45, 7) is 0. The number of aromatic carboxylic acids is 1. The first-order chi connectivity index (χ1) is 9.94. The number of hydrogen-bond acceptors (Lipinski definition) is 4. The van der Waals surface area contributed by atoms with E-state index < -0.39 is 16.0 Å².